The molecule has 1 aliphatic rings. The van der Waals surface area contributed by atoms with E-state index in [2.05, 4.69) is 0 Å². The third kappa shape index (κ3) is 3.56. The Morgan fingerprint density at radius 3 is 2.50 bits per heavy atom. The van der Waals surface area contributed by atoms with Gasteiger partial charge in [-0.25, -0.2) is 0 Å². The van der Waals surface area contributed by atoms with E-state index < -0.39 is 11.9 Å². The van der Waals surface area contributed by atoms with Crippen molar-refractivity contribution in [1.29, 1.82) is 0 Å². The van der Waals surface area contributed by atoms with Gasteiger partial charge in [0.05, 0.1) is 11.5 Å². The predicted molar refractivity (Wildman–Crippen MR) is 89.2 cm³/mol. The lowest BCUT2D eigenvalue weighted by molar-refractivity contribution is -0.143. The second kappa shape index (κ2) is 7.17. The number of carboxylic acid groups (broad SMARTS) is 1. The number of carbonyl (C=O) groups is 2. The maximum Gasteiger partial charge on any atom is 0.308 e. The maximum atomic E-state index is 12.8. The van der Waals surface area contributed by atoms with Crippen molar-refractivity contribution in [3.8, 4) is 11.5 Å². The summed E-state index contributed by atoms with van der Waals surface area (Å²) in [5.74, 6) is -0.398. The summed E-state index contributed by atoms with van der Waals surface area (Å²) in [6, 6.07) is 16.3. The number of amides is 1. The molecule has 0 unspecified atom stereocenters. The molecule has 0 radical (unpaired) electrons. The van der Waals surface area contributed by atoms with E-state index in [9.17, 15) is 14.7 Å². The van der Waals surface area contributed by atoms with Gasteiger partial charge < -0.3 is 14.7 Å². The Morgan fingerprint density at radius 1 is 1.04 bits per heavy atom. The highest BCUT2D eigenvalue weighted by atomic mass is 16.5. The molecule has 1 aliphatic heterocycles. The molecular formula is C19H19NO4. The number of hydrogen-bond acceptors (Lipinski definition) is 3. The number of piperidine rings is 1. The molecule has 2 aromatic carbocycles. The first-order chi connectivity index (χ1) is 11.6. The van der Waals surface area contributed by atoms with Crippen LogP contribution in [0.15, 0.2) is 54.6 Å². The Balaban J connectivity index is 1.81. The van der Waals surface area contributed by atoms with Crippen molar-refractivity contribution >= 4 is 11.9 Å². The molecule has 0 aromatic heterocycles. The van der Waals surface area contributed by atoms with Gasteiger partial charge in [0.25, 0.3) is 5.91 Å². The minimum Gasteiger partial charge on any atom is -0.481 e. The van der Waals surface area contributed by atoms with Gasteiger partial charge in [-0.1, -0.05) is 30.3 Å². The van der Waals surface area contributed by atoms with Crippen LogP contribution in [0, 0.1) is 5.92 Å². The average molecular weight is 325 g/mol. The monoisotopic (exact) mass is 325 g/mol. The summed E-state index contributed by atoms with van der Waals surface area (Å²) in [4.78, 5) is 25.6. The van der Waals surface area contributed by atoms with Gasteiger partial charge in [0.1, 0.15) is 11.5 Å². The third-order valence-electron chi connectivity index (χ3n) is 4.15. The minimum absolute atomic E-state index is 0.188. The highest BCUT2D eigenvalue weighted by Gasteiger charge is 2.29. The van der Waals surface area contributed by atoms with Crippen LogP contribution in [0.5, 0.6) is 11.5 Å². The third-order valence-corrected chi connectivity index (χ3v) is 4.15. The fourth-order valence-electron chi connectivity index (χ4n) is 2.88. The van der Waals surface area contributed by atoms with Crippen molar-refractivity contribution in [2.75, 3.05) is 13.1 Å². The SMILES string of the molecule is O=C(O)[C@H]1CCCN(C(=O)c2ccccc2Oc2ccccc2)C1. The lowest BCUT2D eigenvalue weighted by atomic mass is 9.97. The number of carbonyl (C=O) groups excluding carboxylic acids is 1. The number of likely N-dealkylation sites (tertiary alicyclic amines) is 1. The van der Waals surface area contributed by atoms with Crippen molar-refractivity contribution in [2.24, 2.45) is 5.92 Å². The Hall–Kier alpha value is -2.82. The van der Waals surface area contributed by atoms with Crippen LogP contribution in [0.1, 0.15) is 23.2 Å². The quantitative estimate of drug-likeness (QED) is 0.935. The molecular weight excluding hydrogens is 306 g/mol. The van der Waals surface area contributed by atoms with Crippen LogP contribution in [0.3, 0.4) is 0 Å². The van der Waals surface area contributed by atoms with Gasteiger partial charge in [0, 0.05) is 13.1 Å². The molecule has 0 bridgehead atoms. The van der Waals surface area contributed by atoms with Crippen LogP contribution in [-0.2, 0) is 4.79 Å². The maximum absolute atomic E-state index is 12.8. The fourth-order valence-corrected chi connectivity index (χ4v) is 2.88. The molecule has 0 saturated carbocycles. The van der Waals surface area contributed by atoms with Crippen molar-refractivity contribution in [3.63, 3.8) is 0 Å². The topological polar surface area (TPSA) is 66.8 Å². The van der Waals surface area contributed by atoms with Gasteiger partial charge in [0.2, 0.25) is 0 Å². The van der Waals surface area contributed by atoms with Gasteiger partial charge in [-0.15, -0.1) is 0 Å². The molecule has 1 N–H and O–H groups in total. The summed E-state index contributed by atoms with van der Waals surface area (Å²) in [5.41, 5.74) is 0.451. The Bertz CT molecular complexity index is 729. The number of carboxylic acids is 1. The first kappa shape index (κ1) is 16.1. The molecule has 1 heterocycles. The lowest BCUT2D eigenvalue weighted by Gasteiger charge is -2.31. The number of para-hydroxylation sites is 2. The summed E-state index contributed by atoms with van der Waals surface area (Å²) in [6.07, 6.45) is 1.31. The molecule has 0 spiro atoms. The van der Waals surface area contributed by atoms with Crippen LogP contribution in [0.25, 0.3) is 0 Å². The molecule has 124 valence electrons. The zero-order valence-electron chi connectivity index (χ0n) is 13.2. The second-order valence-electron chi connectivity index (χ2n) is 5.84. The van der Waals surface area contributed by atoms with Crippen LogP contribution in [0.4, 0.5) is 0 Å². The predicted octanol–water partition coefficient (Wildman–Crippen LogP) is 3.42. The molecule has 3 rings (SSSR count). The van der Waals surface area contributed by atoms with Gasteiger partial charge in [0.15, 0.2) is 0 Å². The standard InChI is InChI=1S/C19H19NO4/c21-18(20-12-6-7-14(13-20)19(22)23)16-10-4-5-11-17(16)24-15-8-2-1-3-9-15/h1-5,8-11,14H,6-7,12-13H2,(H,22,23)/t14-/m0/s1. The Kier molecular flexibility index (Phi) is 4.79. The number of aliphatic carboxylic acids is 1. The highest BCUT2D eigenvalue weighted by Crippen LogP contribution is 2.27. The van der Waals surface area contributed by atoms with E-state index in [1.165, 1.54) is 0 Å². The molecule has 0 aliphatic carbocycles. The Morgan fingerprint density at radius 2 is 1.75 bits per heavy atom. The van der Waals surface area contributed by atoms with Gasteiger partial charge >= 0.3 is 5.97 Å². The molecule has 1 amide bonds. The molecule has 1 saturated heterocycles. The van der Waals surface area contributed by atoms with Crippen molar-refractivity contribution < 1.29 is 19.4 Å². The molecule has 5 heteroatoms. The van der Waals surface area contributed by atoms with Crippen LogP contribution in [0.2, 0.25) is 0 Å². The zero-order valence-corrected chi connectivity index (χ0v) is 13.2. The van der Waals surface area contributed by atoms with Crippen molar-refractivity contribution in [2.45, 2.75) is 12.8 Å². The van der Waals surface area contributed by atoms with Crippen molar-refractivity contribution in [1.82, 2.24) is 4.90 Å². The number of nitrogens with zero attached hydrogens (tertiary/aromatic N) is 1. The lowest BCUT2D eigenvalue weighted by Crippen LogP contribution is -2.42. The van der Waals surface area contributed by atoms with E-state index >= 15 is 0 Å². The molecule has 1 fully saturated rings. The van der Waals surface area contributed by atoms with Gasteiger partial charge in [-0.05, 0) is 37.1 Å². The van der Waals surface area contributed by atoms with E-state index in [4.69, 9.17) is 4.74 Å². The molecule has 5 nitrogen and oxygen atoms in total. The average Bonchev–Trinajstić information content (AvgIpc) is 2.62. The van der Waals surface area contributed by atoms with E-state index in [0.717, 1.165) is 0 Å². The summed E-state index contributed by atoms with van der Waals surface area (Å²) < 4.78 is 5.83. The van der Waals surface area contributed by atoms with E-state index in [0.29, 0.717) is 36.4 Å². The minimum atomic E-state index is -0.846. The van der Waals surface area contributed by atoms with E-state index in [-0.39, 0.29) is 12.5 Å². The molecule has 24 heavy (non-hydrogen) atoms. The fraction of sp³-hybridized carbons (Fsp3) is 0.263. The summed E-state index contributed by atoms with van der Waals surface area (Å²) >= 11 is 0. The first-order valence-electron chi connectivity index (χ1n) is 7.99. The van der Waals surface area contributed by atoms with Crippen LogP contribution < -0.4 is 4.74 Å². The smallest absolute Gasteiger partial charge is 0.308 e. The Labute approximate surface area is 140 Å². The first-order valence-corrected chi connectivity index (χ1v) is 7.99. The normalized spacial score (nSPS) is 17.3. The van der Waals surface area contributed by atoms with Gasteiger partial charge in [-0.3, -0.25) is 9.59 Å². The number of benzene rings is 2. The number of ether oxygens (including phenoxy) is 1. The van der Waals surface area contributed by atoms with Crippen LogP contribution >= 0.6 is 0 Å². The summed E-state index contributed by atoms with van der Waals surface area (Å²) in [5, 5.41) is 9.20. The molecule has 2 aromatic rings. The second-order valence-corrected chi connectivity index (χ2v) is 5.84. The van der Waals surface area contributed by atoms with Crippen molar-refractivity contribution in [3.05, 3.63) is 60.2 Å². The number of rotatable bonds is 4. The van der Waals surface area contributed by atoms with E-state index in [1.54, 1.807) is 23.1 Å². The number of hydrogen-bond donors (Lipinski definition) is 1. The highest BCUT2D eigenvalue weighted by molar-refractivity contribution is 5.97. The van der Waals surface area contributed by atoms with Gasteiger partial charge in [-0.2, -0.15) is 0 Å². The van der Waals surface area contributed by atoms with Crippen LogP contribution in [-0.4, -0.2) is 35.0 Å². The summed E-state index contributed by atoms with van der Waals surface area (Å²) in [7, 11) is 0. The zero-order chi connectivity index (χ0) is 16.9. The van der Waals surface area contributed by atoms with E-state index in [1.807, 2.05) is 36.4 Å². The summed E-state index contributed by atoms with van der Waals surface area (Å²) in [6.45, 7) is 0.816. The largest absolute Gasteiger partial charge is 0.481 e. The molecule has 1 atom stereocenters.